The summed E-state index contributed by atoms with van der Waals surface area (Å²) in [5.41, 5.74) is 1.83. The fourth-order valence-corrected chi connectivity index (χ4v) is 1.79. The highest BCUT2D eigenvalue weighted by atomic mass is 19.1. The van der Waals surface area contributed by atoms with Gasteiger partial charge in [-0.2, -0.15) is 5.10 Å². The van der Waals surface area contributed by atoms with Gasteiger partial charge in [0.15, 0.2) is 11.6 Å². The lowest BCUT2D eigenvalue weighted by atomic mass is 10.2. The Kier molecular flexibility index (Phi) is 4.52. The number of ether oxygens (including phenoxy) is 1. The third kappa shape index (κ3) is 3.54. The molecular weight excluding hydrogens is 245 g/mol. The third-order valence-corrected chi connectivity index (χ3v) is 2.78. The van der Waals surface area contributed by atoms with Gasteiger partial charge in [-0.05, 0) is 31.7 Å². The first-order chi connectivity index (χ1) is 9.22. The minimum atomic E-state index is -0.337. The number of aryl methyl sites for hydroxylation is 1. The van der Waals surface area contributed by atoms with Gasteiger partial charge < -0.3 is 10.1 Å². The van der Waals surface area contributed by atoms with Crippen LogP contribution in [0.4, 0.5) is 4.39 Å². The number of rotatable bonds is 6. The van der Waals surface area contributed by atoms with Gasteiger partial charge in [0.05, 0.1) is 6.20 Å². The van der Waals surface area contributed by atoms with Crippen LogP contribution >= 0.6 is 0 Å². The van der Waals surface area contributed by atoms with E-state index in [2.05, 4.69) is 10.4 Å². The summed E-state index contributed by atoms with van der Waals surface area (Å²) in [4.78, 5) is 0. The molecule has 0 aliphatic rings. The van der Waals surface area contributed by atoms with Crippen molar-refractivity contribution in [3.8, 4) is 5.75 Å². The SMILES string of the molecule is CCn1cc(COc2ccc(CNC)cc2F)cn1. The quantitative estimate of drug-likeness (QED) is 0.869. The van der Waals surface area contributed by atoms with Gasteiger partial charge in [-0.25, -0.2) is 4.39 Å². The summed E-state index contributed by atoms with van der Waals surface area (Å²) in [7, 11) is 1.83. The average molecular weight is 263 g/mol. The minimum absolute atomic E-state index is 0.268. The van der Waals surface area contributed by atoms with E-state index in [4.69, 9.17) is 4.74 Å². The standard InChI is InChI=1S/C14H18FN3O/c1-3-18-9-12(8-17-18)10-19-14-5-4-11(7-16-2)6-13(14)15/h4-6,8-9,16H,3,7,10H2,1-2H3. The Hall–Kier alpha value is -1.88. The molecule has 0 atom stereocenters. The zero-order valence-electron chi connectivity index (χ0n) is 11.2. The van der Waals surface area contributed by atoms with E-state index in [9.17, 15) is 4.39 Å². The van der Waals surface area contributed by atoms with E-state index in [1.54, 1.807) is 12.3 Å². The Labute approximate surface area is 112 Å². The topological polar surface area (TPSA) is 39.1 Å². The second-order valence-corrected chi connectivity index (χ2v) is 4.29. The van der Waals surface area contributed by atoms with Crippen LogP contribution in [0.1, 0.15) is 18.1 Å². The molecule has 1 aromatic heterocycles. The second kappa shape index (κ2) is 6.33. The molecule has 0 unspecified atom stereocenters. The molecule has 5 heteroatoms. The van der Waals surface area contributed by atoms with Crippen LogP contribution in [0, 0.1) is 5.82 Å². The predicted molar refractivity (Wildman–Crippen MR) is 71.4 cm³/mol. The lowest BCUT2D eigenvalue weighted by molar-refractivity contribution is 0.290. The van der Waals surface area contributed by atoms with Crippen molar-refractivity contribution in [3.05, 3.63) is 47.5 Å². The van der Waals surface area contributed by atoms with Gasteiger partial charge in [0.25, 0.3) is 0 Å². The Morgan fingerprint density at radius 3 is 2.84 bits per heavy atom. The van der Waals surface area contributed by atoms with Crippen LogP contribution in [0.5, 0.6) is 5.75 Å². The average Bonchev–Trinajstić information content (AvgIpc) is 2.86. The highest BCUT2D eigenvalue weighted by Gasteiger charge is 2.06. The summed E-state index contributed by atoms with van der Waals surface area (Å²) in [6, 6.07) is 5.00. The molecular formula is C14H18FN3O. The summed E-state index contributed by atoms with van der Waals surface area (Å²) in [6.07, 6.45) is 3.63. The fraction of sp³-hybridized carbons (Fsp3) is 0.357. The number of hydrogen-bond acceptors (Lipinski definition) is 3. The number of nitrogens with zero attached hydrogens (tertiary/aromatic N) is 2. The smallest absolute Gasteiger partial charge is 0.165 e. The molecule has 0 aliphatic carbocycles. The Morgan fingerprint density at radius 2 is 2.21 bits per heavy atom. The third-order valence-electron chi connectivity index (χ3n) is 2.78. The number of nitrogens with one attached hydrogen (secondary N) is 1. The van der Waals surface area contributed by atoms with Crippen LogP contribution in [-0.2, 0) is 19.7 Å². The lowest BCUT2D eigenvalue weighted by Crippen LogP contribution is -2.05. The van der Waals surface area contributed by atoms with E-state index in [0.29, 0.717) is 13.2 Å². The first-order valence-electron chi connectivity index (χ1n) is 6.30. The number of benzene rings is 1. The van der Waals surface area contributed by atoms with Crippen LogP contribution < -0.4 is 10.1 Å². The molecule has 0 saturated carbocycles. The highest BCUT2D eigenvalue weighted by molar-refractivity contribution is 5.29. The van der Waals surface area contributed by atoms with Crippen molar-refractivity contribution in [2.45, 2.75) is 26.6 Å². The zero-order valence-corrected chi connectivity index (χ0v) is 11.2. The van der Waals surface area contributed by atoms with Gasteiger partial charge >= 0.3 is 0 Å². The van der Waals surface area contributed by atoms with E-state index in [1.165, 1.54) is 6.07 Å². The van der Waals surface area contributed by atoms with Gasteiger partial charge in [-0.15, -0.1) is 0 Å². The molecule has 102 valence electrons. The molecule has 2 aromatic rings. The van der Waals surface area contributed by atoms with E-state index in [1.807, 2.05) is 30.9 Å². The minimum Gasteiger partial charge on any atom is -0.486 e. The molecule has 1 aromatic carbocycles. The second-order valence-electron chi connectivity index (χ2n) is 4.29. The molecule has 19 heavy (non-hydrogen) atoms. The van der Waals surface area contributed by atoms with Crippen LogP contribution in [0.25, 0.3) is 0 Å². The summed E-state index contributed by atoms with van der Waals surface area (Å²) in [6.45, 7) is 3.79. The van der Waals surface area contributed by atoms with Gasteiger partial charge in [0.1, 0.15) is 6.61 Å². The van der Waals surface area contributed by atoms with Crippen LogP contribution in [-0.4, -0.2) is 16.8 Å². The molecule has 0 saturated heterocycles. The van der Waals surface area contributed by atoms with Gasteiger partial charge in [0, 0.05) is 24.8 Å². The van der Waals surface area contributed by atoms with Crippen molar-refractivity contribution in [3.63, 3.8) is 0 Å². The fourth-order valence-electron chi connectivity index (χ4n) is 1.79. The number of aromatic nitrogens is 2. The molecule has 1 N–H and O–H groups in total. The van der Waals surface area contributed by atoms with Crippen molar-refractivity contribution in [2.75, 3.05) is 7.05 Å². The van der Waals surface area contributed by atoms with E-state index >= 15 is 0 Å². The Bertz CT molecular complexity index is 539. The van der Waals surface area contributed by atoms with E-state index in [0.717, 1.165) is 17.7 Å². The number of halogens is 1. The Morgan fingerprint density at radius 1 is 1.37 bits per heavy atom. The van der Waals surface area contributed by atoms with E-state index in [-0.39, 0.29) is 11.6 Å². The van der Waals surface area contributed by atoms with Crippen LogP contribution in [0.15, 0.2) is 30.6 Å². The molecule has 0 bridgehead atoms. The largest absolute Gasteiger partial charge is 0.486 e. The Balaban J connectivity index is 1.99. The van der Waals surface area contributed by atoms with Gasteiger partial charge in [-0.3, -0.25) is 4.68 Å². The van der Waals surface area contributed by atoms with Gasteiger partial charge in [0.2, 0.25) is 0 Å². The van der Waals surface area contributed by atoms with Crippen molar-refractivity contribution in [1.82, 2.24) is 15.1 Å². The molecule has 0 fully saturated rings. The monoisotopic (exact) mass is 263 g/mol. The summed E-state index contributed by atoms with van der Waals surface area (Å²) >= 11 is 0. The van der Waals surface area contributed by atoms with Crippen LogP contribution in [0.2, 0.25) is 0 Å². The first kappa shape index (κ1) is 13.5. The maximum Gasteiger partial charge on any atom is 0.165 e. The molecule has 0 aliphatic heterocycles. The maximum absolute atomic E-state index is 13.8. The lowest BCUT2D eigenvalue weighted by Gasteiger charge is -2.07. The molecule has 0 radical (unpaired) electrons. The van der Waals surface area contributed by atoms with Crippen molar-refractivity contribution in [1.29, 1.82) is 0 Å². The molecule has 0 spiro atoms. The van der Waals surface area contributed by atoms with Crippen LogP contribution in [0.3, 0.4) is 0 Å². The molecule has 0 amide bonds. The summed E-state index contributed by atoms with van der Waals surface area (Å²) in [5.74, 6) is -0.0697. The molecule has 4 nitrogen and oxygen atoms in total. The normalized spacial score (nSPS) is 10.7. The molecule has 2 rings (SSSR count). The van der Waals surface area contributed by atoms with Crippen molar-refractivity contribution < 1.29 is 9.13 Å². The molecule has 1 heterocycles. The highest BCUT2D eigenvalue weighted by Crippen LogP contribution is 2.19. The summed E-state index contributed by atoms with van der Waals surface area (Å²) in [5, 5.41) is 7.12. The predicted octanol–water partition coefficient (Wildman–Crippen LogP) is 2.34. The van der Waals surface area contributed by atoms with Gasteiger partial charge in [-0.1, -0.05) is 6.07 Å². The maximum atomic E-state index is 13.8. The first-order valence-corrected chi connectivity index (χ1v) is 6.30. The van der Waals surface area contributed by atoms with Crippen molar-refractivity contribution in [2.24, 2.45) is 0 Å². The van der Waals surface area contributed by atoms with E-state index < -0.39 is 0 Å². The number of hydrogen-bond donors (Lipinski definition) is 1. The van der Waals surface area contributed by atoms with Crippen molar-refractivity contribution >= 4 is 0 Å². The summed E-state index contributed by atoms with van der Waals surface area (Å²) < 4.78 is 21.0. The zero-order chi connectivity index (χ0) is 13.7.